The van der Waals surface area contributed by atoms with E-state index < -0.39 is 6.09 Å². The molecule has 1 saturated heterocycles. The Hall–Kier alpha value is -3.26. The first-order valence-corrected chi connectivity index (χ1v) is 12.0. The fraction of sp³-hybridized carbons (Fsp3) is 0.462. The first-order valence-electron chi connectivity index (χ1n) is 12.0. The summed E-state index contributed by atoms with van der Waals surface area (Å²) in [5, 5.41) is 8.79. The number of carbonyl (C=O) groups excluding carboxylic acids is 1. The number of amides is 1. The van der Waals surface area contributed by atoms with E-state index in [2.05, 4.69) is 11.4 Å². The molecule has 1 atom stereocenters. The van der Waals surface area contributed by atoms with Crippen LogP contribution in [0.1, 0.15) is 51.3 Å². The average Bonchev–Trinajstić information content (AvgIpc) is 3.21. The molecule has 3 heterocycles. The van der Waals surface area contributed by atoms with E-state index >= 15 is 0 Å². The highest BCUT2D eigenvalue weighted by Gasteiger charge is 2.23. The third-order valence-electron chi connectivity index (χ3n) is 5.95. The second-order valence-corrected chi connectivity index (χ2v) is 9.03. The van der Waals surface area contributed by atoms with E-state index in [9.17, 15) is 4.79 Å². The number of cyclic esters (lactones) is 1. The summed E-state index contributed by atoms with van der Waals surface area (Å²) in [6.45, 7) is 5.82. The Labute approximate surface area is 199 Å². The lowest BCUT2D eigenvalue weighted by Gasteiger charge is -2.23. The molecule has 5 rings (SSSR count). The molecule has 2 aliphatic heterocycles. The molecule has 1 N–H and O–H groups in total. The van der Waals surface area contributed by atoms with Crippen LogP contribution in [0.4, 0.5) is 4.79 Å². The van der Waals surface area contributed by atoms with Gasteiger partial charge in [-0.05, 0) is 81.5 Å². The topological polar surface area (TPSA) is 83.8 Å². The number of carbonyl (C=O) groups is 1. The summed E-state index contributed by atoms with van der Waals surface area (Å²) < 4.78 is 25.5. The predicted molar refractivity (Wildman–Crippen MR) is 128 cm³/mol. The summed E-state index contributed by atoms with van der Waals surface area (Å²) in [7, 11) is 0. The maximum atomic E-state index is 12.1. The van der Waals surface area contributed by atoms with Crippen molar-refractivity contribution >= 4 is 17.0 Å². The lowest BCUT2D eigenvalue weighted by molar-refractivity contribution is -0.0365. The van der Waals surface area contributed by atoms with Gasteiger partial charge in [-0.1, -0.05) is 0 Å². The monoisotopic (exact) mass is 465 g/mol. The first-order chi connectivity index (χ1) is 16.6. The minimum absolute atomic E-state index is 0.00590. The van der Waals surface area contributed by atoms with Crippen LogP contribution < -0.4 is 14.8 Å². The van der Waals surface area contributed by atoms with Gasteiger partial charge in [-0.2, -0.15) is 5.10 Å². The molecule has 1 unspecified atom stereocenters. The third kappa shape index (κ3) is 4.97. The van der Waals surface area contributed by atoms with Crippen molar-refractivity contribution in [1.29, 1.82) is 0 Å². The number of benzene rings is 2. The van der Waals surface area contributed by atoms with Gasteiger partial charge < -0.3 is 24.3 Å². The average molecular weight is 466 g/mol. The van der Waals surface area contributed by atoms with Crippen LogP contribution in [-0.2, 0) is 16.1 Å². The van der Waals surface area contributed by atoms with Crippen LogP contribution in [0.2, 0.25) is 0 Å². The van der Waals surface area contributed by atoms with Gasteiger partial charge in [0, 0.05) is 24.1 Å². The van der Waals surface area contributed by atoms with Gasteiger partial charge in [0.2, 0.25) is 0 Å². The zero-order valence-electron chi connectivity index (χ0n) is 19.7. The van der Waals surface area contributed by atoms with E-state index in [1.165, 1.54) is 0 Å². The highest BCUT2D eigenvalue weighted by atomic mass is 16.5. The molecule has 3 aromatic rings. The van der Waals surface area contributed by atoms with Crippen molar-refractivity contribution in [1.82, 2.24) is 15.1 Å². The number of nitrogens with zero attached hydrogens (tertiary/aromatic N) is 2. The predicted octanol–water partition coefficient (Wildman–Crippen LogP) is 5.20. The molecule has 0 spiro atoms. The summed E-state index contributed by atoms with van der Waals surface area (Å²) >= 11 is 0. The molecule has 2 aromatic carbocycles. The molecule has 2 aliphatic rings. The number of alkyl carbamates (subject to hydrolysis) is 1. The Kier molecular flexibility index (Phi) is 6.58. The van der Waals surface area contributed by atoms with Crippen LogP contribution in [0.15, 0.2) is 36.4 Å². The molecular weight excluding hydrogens is 434 g/mol. The van der Waals surface area contributed by atoms with Crippen molar-refractivity contribution in [3.05, 3.63) is 42.0 Å². The normalized spacial score (nSPS) is 19.1. The minimum Gasteiger partial charge on any atom is -0.494 e. The molecule has 0 aliphatic carbocycles. The van der Waals surface area contributed by atoms with Crippen LogP contribution >= 0.6 is 0 Å². The second-order valence-electron chi connectivity index (χ2n) is 9.03. The summed E-state index contributed by atoms with van der Waals surface area (Å²) in [5.41, 5.74) is 3.55. The van der Waals surface area contributed by atoms with Crippen molar-refractivity contribution < 1.29 is 23.7 Å². The molecule has 8 heteroatoms. The lowest BCUT2D eigenvalue weighted by Crippen LogP contribution is -2.26. The van der Waals surface area contributed by atoms with E-state index in [0.717, 1.165) is 59.3 Å². The van der Waals surface area contributed by atoms with Crippen LogP contribution in [-0.4, -0.2) is 41.7 Å². The molecule has 4 bridgehead atoms. The molecule has 1 fully saturated rings. The Morgan fingerprint density at radius 3 is 2.82 bits per heavy atom. The van der Waals surface area contributed by atoms with Crippen molar-refractivity contribution in [3.63, 3.8) is 0 Å². The summed E-state index contributed by atoms with van der Waals surface area (Å²) in [6, 6.07) is 12.0. The fourth-order valence-corrected chi connectivity index (χ4v) is 4.43. The standard InChI is InChI=1S/C26H31N3O5/c1-17(2)34-21-13-18-12-19(14-21)25-22-15-20(31-11-5-9-27-26(30)33-16-18)7-8-23(22)29(28-25)24-6-3-4-10-32-24/h7-8,12-15,17,24H,3-6,9-11,16H2,1-2H3,(H,27,30). The number of fused-ring (bicyclic) bond motifs is 4. The largest absolute Gasteiger partial charge is 0.494 e. The quantitative estimate of drug-likeness (QED) is 0.573. The molecule has 1 amide bonds. The van der Waals surface area contributed by atoms with Gasteiger partial charge in [0.25, 0.3) is 0 Å². The van der Waals surface area contributed by atoms with Crippen LogP contribution in [0, 0.1) is 0 Å². The van der Waals surface area contributed by atoms with Crippen LogP contribution in [0.5, 0.6) is 11.5 Å². The van der Waals surface area contributed by atoms with Gasteiger partial charge in [-0.15, -0.1) is 0 Å². The van der Waals surface area contributed by atoms with E-state index in [-0.39, 0.29) is 18.9 Å². The molecule has 180 valence electrons. The lowest BCUT2D eigenvalue weighted by atomic mass is 10.0. The zero-order chi connectivity index (χ0) is 23.5. The molecule has 0 radical (unpaired) electrons. The fourth-order valence-electron chi connectivity index (χ4n) is 4.43. The Balaban J connectivity index is 1.65. The second kappa shape index (κ2) is 9.93. The number of ether oxygens (including phenoxy) is 4. The van der Waals surface area contributed by atoms with Crippen LogP contribution in [0.25, 0.3) is 22.2 Å². The third-order valence-corrected chi connectivity index (χ3v) is 5.95. The molecular formula is C26H31N3O5. The van der Waals surface area contributed by atoms with E-state index in [4.69, 9.17) is 24.0 Å². The number of hydrogen-bond donors (Lipinski definition) is 1. The van der Waals surface area contributed by atoms with Crippen molar-refractivity contribution in [2.45, 2.75) is 58.5 Å². The van der Waals surface area contributed by atoms with Gasteiger partial charge >= 0.3 is 6.09 Å². The number of aromatic nitrogens is 2. The zero-order valence-corrected chi connectivity index (χ0v) is 19.7. The number of rotatable bonds is 3. The highest BCUT2D eigenvalue weighted by Crippen LogP contribution is 2.36. The summed E-state index contributed by atoms with van der Waals surface area (Å²) in [4.78, 5) is 12.1. The first kappa shape index (κ1) is 22.5. The van der Waals surface area contributed by atoms with E-state index in [1.807, 2.05) is 48.9 Å². The van der Waals surface area contributed by atoms with E-state index in [1.54, 1.807) is 0 Å². The number of nitrogens with one attached hydrogen (secondary N) is 1. The molecule has 0 saturated carbocycles. The molecule has 8 nitrogen and oxygen atoms in total. The Morgan fingerprint density at radius 2 is 2.00 bits per heavy atom. The van der Waals surface area contributed by atoms with Crippen LogP contribution in [0.3, 0.4) is 0 Å². The summed E-state index contributed by atoms with van der Waals surface area (Å²) in [5.74, 6) is 1.48. The SMILES string of the molecule is CC(C)Oc1cc2cc(c1)-c1nn(C3CCCCO3)c3ccc(cc13)OCCCNC(=O)OC2. The molecule has 1 aromatic heterocycles. The van der Waals surface area contributed by atoms with Gasteiger partial charge in [0.05, 0.1) is 18.2 Å². The van der Waals surface area contributed by atoms with E-state index in [0.29, 0.717) is 25.3 Å². The van der Waals surface area contributed by atoms with Crippen molar-refractivity contribution in [2.75, 3.05) is 19.8 Å². The van der Waals surface area contributed by atoms with Gasteiger partial charge in [0.15, 0.2) is 6.23 Å². The minimum atomic E-state index is -0.451. The van der Waals surface area contributed by atoms with Crippen molar-refractivity contribution in [2.24, 2.45) is 0 Å². The Morgan fingerprint density at radius 1 is 1.09 bits per heavy atom. The molecule has 34 heavy (non-hydrogen) atoms. The van der Waals surface area contributed by atoms with Gasteiger partial charge in [0.1, 0.15) is 23.8 Å². The summed E-state index contributed by atoms with van der Waals surface area (Å²) in [6.07, 6.45) is 3.26. The smallest absolute Gasteiger partial charge is 0.407 e. The maximum absolute atomic E-state index is 12.1. The number of hydrogen-bond acceptors (Lipinski definition) is 6. The van der Waals surface area contributed by atoms with Crippen molar-refractivity contribution in [3.8, 4) is 22.8 Å². The Bertz CT molecular complexity index is 1170. The van der Waals surface area contributed by atoms with Gasteiger partial charge in [-0.25, -0.2) is 9.48 Å². The highest BCUT2D eigenvalue weighted by molar-refractivity contribution is 5.94. The van der Waals surface area contributed by atoms with Gasteiger partial charge in [-0.3, -0.25) is 0 Å². The maximum Gasteiger partial charge on any atom is 0.407 e.